The number of amides is 2. The van der Waals surface area contributed by atoms with E-state index in [4.69, 9.17) is 9.84 Å². The summed E-state index contributed by atoms with van der Waals surface area (Å²) >= 11 is 0. The molecule has 0 saturated carbocycles. The first-order chi connectivity index (χ1) is 8.69. The molecule has 0 aromatic rings. The first kappa shape index (κ1) is 15.8. The van der Waals surface area contributed by atoms with Crippen molar-refractivity contribution in [1.29, 1.82) is 0 Å². The molecule has 110 valence electrons. The Morgan fingerprint density at radius 2 is 2.05 bits per heavy atom. The van der Waals surface area contributed by atoms with E-state index < -0.39 is 12.1 Å². The number of hydrogen-bond donors (Lipinski definition) is 1. The largest absolute Gasteiger partial charge is 0.481 e. The van der Waals surface area contributed by atoms with Crippen LogP contribution in [0.1, 0.15) is 27.2 Å². The average Bonchev–Trinajstić information content (AvgIpc) is 2.25. The highest BCUT2D eigenvalue weighted by Gasteiger charge is 2.28. The lowest BCUT2D eigenvalue weighted by atomic mass is 9.96. The summed E-state index contributed by atoms with van der Waals surface area (Å²) in [5.41, 5.74) is 0.0389. The summed E-state index contributed by atoms with van der Waals surface area (Å²) in [7, 11) is 1.77. The number of aliphatic carboxylic acids is 1. The van der Waals surface area contributed by atoms with E-state index in [0.29, 0.717) is 26.2 Å². The summed E-state index contributed by atoms with van der Waals surface area (Å²) in [4.78, 5) is 26.3. The molecule has 1 rings (SSSR count). The van der Waals surface area contributed by atoms with Crippen molar-refractivity contribution in [2.24, 2.45) is 5.41 Å². The Balaban J connectivity index is 2.54. The van der Waals surface area contributed by atoms with Crippen LogP contribution in [0.2, 0.25) is 0 Å². The summed E-state index contributed by atoms with van der Waals surface area (Å²) in [5.74, 6) is -0.901. The van der Waals surface area contributed by atoms with Crippen LogP contribution < -0.4 is 0 Å². The summed E-state index contributed by atoms with van der Waals surface area (Å²) in [6.45, 7) is 8.14. The van der Waals surface area contributed by atoms with Gasteiger partial charge in [0.2, 0.25) is 0 Å². The number of morpholine rings is 1. The van der Waals surface area contributed by atoms with Crippen LogP contribution in [-0.4, -0.2) is 66.3 Å². The van der Waals surface area contributed by atoms with Crippen molar-refractivity contribution in [2.75, 3.05) is 33.3 Å². The van der Waals surface area contributed by atoms with Gasteiger partial charge in [-0.2, -0.15) is 0 Å². The van der Waals surface area contributed by atoms with Crippen LogP contribution in [-0.2, 0) is 9.53 Å². The van der Waals surface area contributed by atoms with E-state index in [0.717, 1.165) is 0 Å². The second-order valence-electron chi connectivity index (χ2n) is 6.24. The van der Waals surface area contributed by atoms with Crippen molar-refractivity contribution in [1.82, 2.24) is 9.80 Å². The van der Waals surface area contributed by atoms with E-state index in [2.05, 4.69) is 20.8 Å². The average molecular weight is 272 g/mol. The maximum atomic E-state index is 12.3. The maximum absolute atomic E-state index is 12.3. The molecule has 1 heterocycles. The lowest BCUT2D eigenvalue weighted by Gasteiger charge is -2.36. The second kappa shape index (κ2) is 6.23. The highest BCUT2D eigenvalue weighted by Crippen LogP contribution is 2.16. The summed E-state index contributed by atoms with van der Waals surface area (Å²) < 4.78 is 5.36. The van der Waals surface area contributed by atoms with Gasteiger partial charge in [-0.05, 0) is 5.41 Å². The zero-order valence-electron chi connectivity index (χ0n) is 12.2. The Hall–Kier alpha value is -1.30. The minimum absolute atomic E-state index is 0.0389. The van der Waals surface area contributed by atoms with Crippen LogP contribution in [0.3, 0.4) is 0 Å². The molecule has 6 nitrogen and oxygen atoms in total. The van der Waals surface area contributed by atoms with Crippen molar-refractivity contribution in [3.63, 3.8) is 0 Å². The number of carbonyl (C=O) groups excluding carboxylic acids is 1. The van der Waals surface area contributed by atoms with E-state index in [1.54, 1.807) is 16.8 Å². The number of hydrogen-bond acceptors (Lipinski definition) is 3. The molecule has 0 spiro atoms. The van der Waals surface area contributed by atoms with Crippen molar-refractivity contribution >= 4 is 12.0 Å². The van der Waals surface area contributed by atoms with Crippen molar-refractivity contribution in [3.05, 3.63) is 0 Å². The van der Waals surface area contributed by atoms with Crippen LogP contribution in [0, 0.1) is 5.41 Å². The van der Waals surface area contributed by atoms with Gasteiger partial charge in [0.05, 0.1) is 19.1 Å². The lowest BCUT2D eigenvalue weighted by molar-refractivity contribution is -0.141. The number of nitrogens with zero attached hydrogens (tertiary/aromatic N) is 2. The van der Waals surface area contributed by atoms with Gasteiger partial charge in [-0.15, -0.1) is 0 Å². The third kappa shape index (κ3) is 5.46. The number of ether oxygens (including phenoxy) is 1. The molecule has 1 saturated heterocycles. The highest BCUT2D eigenvalue weighted by atomic mass is 16.5. The molecular weight excluding hydrogens is 248 g/mol. The molecule has 1 atom stereocenters. The van der Waals surface area contributed by atoms with Crippen molar-refractivity contribution in [2.45, 2.75) is 33.3 Å². The Kier molecular flexibility index (Phi) is 5.17. The van der Waals surface area contributed by atoms with Gasteiger partial charge in [-0.25, -0.2) is 4.79 Å². The number of carboxylic acids is 1. The van der Waals surface area contributed by atoms with Gasteiger partial charge in [-0.1, -0.05) is 20.8 Å². The molecule has 2 amide bonds. The second-order valence-corrected chi connectivity index (χ2v) is 6.24. The molecule has 6 heteroatoms. The van der Waals surface area contributed by atoms with E-state index in [1.807, 2.05) is 0 Å². The number of rotatable bonds is 3. The van der Waals surface area contributed by atoms with Crippen molar-refractivity contribution < 1.29 is 19.4 Å². The summed E-state index contributed by atoms with van der Waals surface area (Å²) in [5, 5.41) is 8.76. The van der Waals surface area contributed by atoms with Crippen LogP contribution in [0.4, 0.5) is 4.79 Å². The molecule has 0 aromatic carbocycles. The summed E-state index contributed by atoms with van der Waals surface area (Å²) in [6, 6.07) is -0.0615. The molecule has 0 aromatic heterocycles. The third-order valence-electron chi connectivity index (χ3n) is 2.85. The predicted molar refractivity (Wildman–Crippen MR) is 71.0 cm³/mol. The quantitative estimate of drug-likeness (QED) is 0.839. The van der Waals surface area contributed by atoms with Gasteiger partial charge in [0.1, 0.15) is 0 Å². The Labute approximate surface area is 114 Å². The minimum atomic E-state index is -0.901. The fraction of sp³-hybridized carbons (Fsp3) is 0.846. The highest BCUT2D eigenvalue weighted by molar-refractivity contribution is 5.74. The number of urea groups is 1. The fourth-order valence-corrected chi connectivity index (χ4v) is 2.23. The molecule has 0 radical (unpaired) electrons. The Morgan fingerprint density at radius 1 is 1.42 bits per heavy atom. The standard InChI is InChI=1S/C13H24N2O4/c1-13(2,3)9-14(4)12(18)15-5-6-19-10(8-15)7-11(16)17/h10H,5-9H2,1-4H3,(H,16,17). The van der Waals surface area contributed by atoms with Crippen LogP contribution in [0.15, 0.2) is 0 Å². The predicted octanol–water partition coefficient (Wildman–Crippen LogP) is 1.26. The van der Waals surface area contributed by atoms with Gasteiger partial charge in [0, 0.05) is 26.7 Å². The number of carboxylic acid groups (broad SMARTS) is 1. The fourth-order valence-electron chi connectivity index (χ4n) is 2.23. The van der Waals surface area contributed by atoms with Crippen LogP contribution in [0.5, 0.6) is 0 Å². The molecule has 0 bridgehead atoms. The molecular formula is C13H24N2O4. The van der Waals surface area contributed by atoms with Gasteiger partial charge < -0.3 is 19.6 Å². The molecule has 1 fully saturated rings. The third-order valence-corrected chi connectivity index (χ3v) is 2.85. The van der Waals surface area contributed by atoms with Crippen LogP contribution in [0.25, 0.3) is 0 Å². The summed E-state index contributed by atoms with van der Waals surface area (Å²) in [6.07, 6.45) is -0.467. The zero-order chi connectivity index (χ0) is 14.6. The molecule has 1 unspecified atom stereocenters. The first-order valence-electron chi connectivity index (χ1n) is 6.52. The normalized spacial score (nSPS) is 20.2. The molecule has 1 aliphatic rings. The zero-order valence-corrected chi connectivity index (χ0v) is 12.2. The molecule has 19 heavy (non-hydrogen) atoms. The maximum Gasteiger partial charge on any atom is 0.319 e. The minimum Gasteiger partial charge on any atom is -0.481 e. The molecule has 1 aliphatic heterocycles. The Morgan fingerprint density at radius 3 is 2.58 bits per heavy atom. The molecule has 0 aliphatic carbocycles. The smallest absolute Gasteiger partial charge is 0.319 e. The Bertz CT molecular complexity index is 338. The van der Waals surface area contributed by atoms with Gasteiger partial charge >= 0.3 is 12.0 Å². The SMILES string of the molecule is CN(CC(C)(C)C)C(=O)N1CCOC(CC(=O)O)C1. The van der Waals surface area contributed by atoms with E-state index in [9.17, 15) is 9.59 Å². The lowest BCUT2D eigenvalue weighted by Crippen LogP contribution is -2.51. The van der Waals surface area contributed by atoms with E-state index in [-0.39, 0.29) is 17.9 Å². The van der Waals surface area contributed by atoms with Gasteiger partial charge in [0.25, 0.3) is 0 Å². The van der Waals surface area contributed by atoms with Gasteiger partial charge in [-0.3, -0.25) is 4.79 Å². The van der Waals surface area contributed by atoms with Gasteiger partial charge in [0.15, 0.2) is 0 Å². The van der Waals surface area contributed by atoms with Crippen LogP contribution >= 0.6 is 0 Å². The van der Waals surface area contributed by atoms with E-state index in [1.165, 1.54) is 0 Å². The first-order valence-corrected chi connectivity index (χ1v) is 6.52. The number of carbonyl (C=O) groups is 2. The van der Waals surface area contributed by atoms with E-state index >= 15 is 0 Å². The van der Waals surface area contributed by atoms with Crippen molar-refractivity contribution in [3.8, 4) is 0 Å². The molecule has 1 N–H and O–H groups in total. The topological polar surface area (TPSA) is 70.1 Å². The monoisotopic (exact) mass is 272 g/mol.